The average Bonchev–Trinajstić information content (AvgIpc) is 2.57. The normalized spacial score (nSPS) is 11.7. The van der Waals surface area contributed by atoms with Gasteiger partial charge in [-0.1, -0.05) is 29.5 Å². The maximum absolute atomic E-state index is 12.0. The van der Waals surface area contributed by atoms with Crippen molar-refractivity contribution in [3.63, 3.8) is 0 Å². The molecule has 0 spiro atoms. The summed E-state index contributed by atoms with van der Waals surface area (Å²) >= 11 is 1.35. The molecule has 0 fully saturated rings. The molecule has 2 rings (SSSR count). The van der Waals surface area contributed by atoms with Crippen LogP contribution in [-0.2, 0) is 4.79 Å². The molecule has 0 saturated heterocycles. The molecule has 0 aliphatic heterocycles. The number of thioether (sulfide) groups is 1. The Morgan fingerprint density at radius 2 is 1.96 bits per heavy atom. The lowest BCUT2D eigenvalue weighted by Gasteiger charge is -2.11. The molecular weight excluding hydrogens is 310 g/mol. The SMILES string of the molecule is Cc1ccc(OCCCNC(=O)[C@@H](C)Sc2ncccn2)cc1. The van der Waals surface area contributed by atoms with E-state index in [1.165, 1.54) is 17.3 Å². The van der Waals surface area contributed by atoms with Crippen molar-refractivity contribution >= 4 is 17.7 Å². The molecule has 0 aliphatic rings. The minimum atomic E-state index is -0.226. The van der Waals surface area contributed by atoms with Crippen molar-refractivity contribution in [2.75, 3.05) is 13.2 Å². The number of aryl methyl sites for hydroxylation is 1. The monoisotopic (exact) mass is 331 g/mol. The van der Waals surface area contributed by atoms with Crippen LogP contribution in [0.2, 0.25) is 0 Å². The second-order valence-corrected chi connectivity index (χ2v) is 6.41. The topological polar surface area (TPSA) is 64.1 Å². The van der Waals surface area contributed by atoms with Crippen LogP contribution in [0.15, 0.2) is 47.9 Å². The second-order valence-electron chi connectivity index (χ2n) is 5.10. The van der Waals surface area contributed by atoms with E-state index in [1.54, 1.807) is 18.5 Å². The number of benzene rings is 1. The maximum atomic E-state index is 12.0. The molecule has 0 bridgehead atoms. The summed E-state index contributed by atoms with van der Waals surface area (Å²) in [6.45, 7) is 5.05. The van der Waals surface area contributed by atoms with Gasteiger partial charge in [-0.25, -0.2) is 9.97 Å². The van der Waals surface area contributed by atoms with Gasteiger partial charge in [0.05, 0.1) is 11.9 Å². The van der Waals surface area contributed by atoms with E-state index < -0.39 is 0 Å². The largest absolute Gasteiger partial charge is 0.494 e. The van der Waals surface area contributed by atoms with Crippen LogP contribution in [0.1, 0.15) is 18.9 Å². The Morgan fingerprint density at radius 3 is 2.65 bits per heavy atom. The molecule has 1 N–H and O–H groups in total. The highest BCUT2D eigenvalue weighted by Crippen LogP contribution is 2.18. The van der Waals surface area contributed by atoms with E-state index in [0.29, 0.717) is 18.3 Å². The molecule has 0 radical (unpaired) electrons. The van der Waals surface area contributed by atoms with Gasteiger partial charge in [-0.2, -0.15) is 0 Å². The summed E-state index contributed by atoms with van der Waals surface area (Å²) in [5.74, 6) is 0.838. The van der Waals surface area contributed by atoms with Gasteiger partial charge < -0.3 is 10.1 Å². The molecule has 0 aliphatic carbocycles. The van der Waals surface area contributed by atoms with Crippen molar-refractivity contribution in [3.05, 3.63) is 48.3 Å². The fourth-order valence-electron chi connectivity index (χ4n) is 1.81. The van der Waals surface area contributed by atoms with Gasteiger partial charge in [0.1, 0.15) is 5.75 Å². The number of hydrogen-bond acceptors (Lipinski definition) is 5. The second kappa shape index (κ2) is 9.15. The van der Waals surface area contributed by atoms with E-state index in [2.05, 4.69) is 15.3 Å². The minimum Gasteiger partial charge on any atom is -0.494 e. The first-order valence-electron chi connectivity index (χ1n) is 7.56. The highest BCUT2D eigenvalue weighted by molar-refractivity contribution is 8.00. The van der Waals surface area contributed by atoms with Gasteiger partial charge in [-0.15, -0.1) is 0 Å². The summed E-state index contributed by atoms with van der Waals surface area (Å²) in [5.41, 5.74) is 1.21. The number of ether oxygens (including phenoxy) is 1. The van der Waals surface area contributed by atoms with Crippen LogP contribution in [-0.4, -0.2) is 34.3 Å². The quantitative estimate of drug-likeness (QED) is 0.458. The van der Waals surface area contributed by atoms with Gasteiger partial charge in [-0.05, 0) is 38.5 Å². The van der Waals surface area contributed by atoms with Crippen molar-refractivity contribution in [2.24, 2.45) is 0 Å². The van der Waals surface area contributed by atoms with Crippen molar-refractivity contribution in [2.45, 2.75) is 30.7 Å². The van der Waals surface area contributed by atoms with Crippen LogP contribution in [0.25, 0.3) is 0 Å². The molecule has 1 aromatic heterocycles. The third kappa shape index (κ3) is 6.28. The summed E-state index contributed by atoms with van der Waals surface area (Å²) in [4.78, 5) is 20.2. The molecule has 6 heteroatoms. The van der Waals surface area contributed by atoms with E-state index in [9.17, 15) is 4.79 Å². The van der Waals surface area contributed by atoms with E-state index >= 15 is 0 Å². The average molecular weight is 331 g/mol. The summed E-state index contributed by atoms with van der Waals surface area (Å²) in [7, 11) is 0. The fourth-order valence-corrected chi connectivity index (χ4v) is 2.56. The molecule has 1 aromatic carbocycles. The first-order valence-corrected chi connectivity index (χ1v) is 8.44. The summed E-state index contributed by atoms with van der Waals surface area (Å²) in [6, 6.07) is 9.69. The number of nitrogens with one attached hydrogen (secondary N) is 1. The van der Waals surface area contributed by atoms with Gasteiger partial charge in [0, 0.05) is 18.9 Å². The highest BCUT2D eigenvalue weighted by Gasteiger charge is 2.14. The van der Waals surface area contributed by atoms with Crippen LogP contribution in [0.5, 0.6) is 5.75 Å². The van der Waals surface area contributed by atoms with E-state index in [1.807, 2.05) is 38.1 Å². The van der Waals surface area contributed by atoms with Gasteiger partial charge in [-0.3, -0.25) is 4.79 Å². The lowest BCUT2D eigenvalue weighted by atomic mass is 10.2. The molecule has 1 atom stereocenters. The van der Waals surface area contributed by atoms with Crippen molar-refractivity contribution in [3.8, 4) is 5.75 Å². The zero-order valence-corrected chi connectivity index (χ0v) is 14.2. The highest BCUT2D eigenvalue weighted by atomic mass is 32.2. The Labute approximate surface area is 140 Å². The number of nitrogens with zero attached hydrogens (tertiary/aromatic N) is 2. The number of hydrogen-bond donors (Lipinski definition) is 1. The number of carbonyl (C=O) groups excluding carboxylic acids is 1. The molecular formula is C17H21N3O2S. The number of amides is 1. The number of rotatable bonds is 8. The predicted molar refractivity (Wildman–Crippen MR) is 91.7 cm³/mol. The lowest BCUT2D eigenvalue weighted by Crippen LogP contribution is -2.32. The molecule has 0 saturated carbocycles. The molecule has 5 nitrogen and oxygen atoms in total. The summed E-state index contributed by atoms with van der Waals surface area (Å²) < 4.78 is 5.62. The molecule has 2 aromatic rings. The minimum absolute atomic E-state index is 0.0159. The Morgan fingerprint density at radius 1 is 1.26 bits per heavy atom. The molecule has 23 heavy (non-hydrogen) atoms. The van der Waals surface area contributed by atoms with E-state index in [0.717, 1.165) is 12.2 Å². The molecule has 122 valence electrons. The summed E-state index contributed by atoms with van der Waals surface area (Å²) in [6.07, 6.45) is 4.10. The van der Waals surface area contributed by atoms with Crippen LogP contribution in [0.3, 0.4) is 0 Å². The van der Waals surface area contributed by atoms with Gasteiger partial charge in [0.15, 0.2) is 5.16 Å². The Kier molecular flexibility index (Phi) is 6.87. The molecule has 1 heterocycles. The maximum Gasteiger partial charge on any atom is 0.233 e. The fraction of sp³-hybridized carbons (Fsp3) is 0.353. The zero-order chi connectivity index (χ0) is 16.5. The first-order chi connectivity index (χ1) is 11.1. The number of aromatic nitrogens is 2. The van der Waals surface area contributed by atoms with Crippen LogP contribution >= 0.6 is 11.8 Å². The van der Waals surface area contributed by atoms with Gasteiger partial charge in [0.2, 0.25) is 5.91 Å². The Bertz CT molecular complexity index is 605. The lowest BCUT2D eigenvalue weighted by molar-refractivity contribution is -0.120. The summed E-state index contributed by atoms with van der Waals surface area (Å²) in [5, 5.41) is 3.29. The van der Waals surface area contributed by atoms with Crippen molar-refractivity contribution in [1.82, 2.24) is 15.3 Å². The third-order valence-electron chi connectivity index (χ3n) is 3.10. The Hall–Kier alpha value is -2.08. The predicted octanol–water partition coefficient (Wildman–Crippen LogP) is 2.85. The van der Waals surface area contributed by atoms with E-state index in [-0.39, 0.29) is 11.2 Å². The zero-order valence-electron chi connectivity index (χ0n) is 13.4. The van der Waals surface area contributed by atoms with Gasteiger partial charge >= 0.3 is 0 Å². The van der Waals surface area contributed by atoms with Crippen molar-refractivity contribution in [1.29, 1.82) is 0 Å². The van der Waals surface area contributed by atoms with Crippen LogP contribution in [0.4, 0.5) is 0 Å². The number of carbonyl (C=O) groups is 1. The smallest absolute Gasteiger partial charge is 0.233 e. The third-order valence-corrected chi connectivity index (χ3v) is 4.09. The first kappa shape index (κ1) is 17.3. The molecule has 1 amide bonds. The standard InChI is InChI=1S/C17H21N3O2S/c1-13-5-7-15(8-6-13)22-12-4-11-18-16(21)14(2)23-17-19-9-3-10-20-17/h3,5-10,14H,4,11-12H2,1-2H3,(H,18,21)/t14-/m1/s1. The van der Waals surface area contributed by atoms with Crippen LogP contribution in [0, 0.1) is 6.92 Å². The van der Waals surface area contributed by atoms with Gasteiger partial charge in [0.25, 0.3) is 0 Å². The Balaban J connectivity index is 1.61. The van der Waals surface area contributed by atoms with Crippen molar-refractivity contribution < 1.29 is 9.53 Å². The molecule has 0 unspecified atom stereocenters. The van der Waals surface area contributed by atoms with E-state index in [4.69, 9.17) is 4.74 Å². The van der Waals surface area contributed by atoms with Crippen LogP contribution < -0.4 is 10.1 Å².